The molecule has 0 radical (unpaired) electrons. The molecule has 1 rings (SSSR count). The molecule has 1 aromatic carbocycles. The fraction of sp³-hybridized carbons (Fsp3) is 0.450. The first-order chi connectivity index (χ1) is 14.1. The summed E-state index contributed by atoms with van der Waals surface area (Å²) in [5.74, 6) is -6.52. The zero-order chi connectivity index (χ0) is 22.8. The van der Waals surface area contributed by atoms with Crippen molar-refractivity contribution in [2.45, 2.75) is 32.4 Å². The fourth-order valence-electron chi connectivity index (χ4n) is 2.99. The number of benzene rings is 1. The highest BCUT2D eigenvalue weighted by atomic mass is 16.5. The van der Waals surface area contributed by atoms with Gasteiger partial charge in [-0.05, 0) is 5.56 Å². The molecule has 164 valence electrons. The third kappa shape index (κ3) is 6.87. The number of hydrogen-bond donors (Lipinski definition) is 3. The van der Waals surface area contributed by atoms with E-state index in [9.17, 15) is 24.0 Å². The molecular formula is C20H27N3O7. The maximum Gasteiger partial charge on any atom is 0.320 e. The number of amides is 3. The van der Waals surface area contributed by atoms with Crippen molar-refractivity contribution in [3.05, 3.63) is 35.9 Å². The van der Waals surface area contributed by atoms with Gasteiger partial charge in [-0.2, -0.15) is 0 Å². The Balaban J connectivity index is 3.11. The maximum absolute atomic E-state index is 12.8. The summed E-state index contributed by atoms with van der Waals surface area (Å²) in [5.41, 5.74) is 6.19. The van der Waals surface area contributed by atoms with E-state index < -0.39 is 53.6 Å². The Kier molecular flexibility index (Phi) is 9.47. The number of primary amides is 1. The SMILES string of the molecule is COC(=O)C(C(=O)OC)[C@@H](C)[C@@H](NC(=O)[C@H](Cc1ccccc1)NC(C)=O)C(N)=O. The Morgan fingerprint density at radius 1 is 0.967 bits per heavy atom. The van der Waals surface area contributed by atoms with Gasteiger partial charge in [0.25, 0.3) is 0 Å². The van der Waals surface area contributed by atoms with E-state index in [0.29, 0.717) is 0 Å². The molecule has 0 spiro atoms. The highest BCUT2D eigenvalue weighted by Crippen LogP contribution is 2.20. The standard InChI is InChI=1S/C20H27N3O7/c1-11(15(19(27)29-3)20(28)30-4)16(17(21)25)23-18(26)14(22-12(2)24)10-13-8-6-5-7-9-13/h5-9,11,14-16H,10H2,1-4H3,(H2,21,25)(H,22,24)(H,23,26)/t11-,14+,16-/m1/s1. The smallest absolute Gasteiger partial charge is 0.320 e. The molecule has 1 aromatic rings. The van der Waals surface area contributed by atoms with Crippen LogP contribution in [-0.2, 0) is 39.9 Å². The predicted molar refractivity (Wildman–Crippen MR) is 106 cm³/mol. The zero-order valence-corrected chi connectivity index (χ0v) is 17.3. The average Bonchev–Trinajstić information content (AvgIpc) is 2.71. The quantitative estimate of drug-likeness (QED) is 0.333. The van der Waals surface area contributed by atoms with E-state index in [0.717, 1.165) is 19.8 Å². The van der Waals surface area contributed by atoms with Gasteiger partial charge in [0.15, 0.2) is 5.92 Å². The Bertz CT molecular complexity index is 766. The van der Waals surface area contributed by atoms with Crippen LogP contribution in [0.5, 0.6) is 0 Å². The van der Waals surface area contributed by atoms with Gasteiger partial charge in [-0.1, -0.05) is 37.3 Å². The number of methoxy groups -OCH3 is 2. The van der Waals surface area contributed by atoms with Crippen molar-refractivity contribution in [1.82, 2.24) is 10.6 Å². The molecule has 0 fully saturated rings. The van der Waals surface area contributed by atoms with E-state index in [1.807, 2.05) is 6.07 Å². The van der Waals surface area contributed by atoms with Crippen LogP contribution >= 0.6 is 0 Å². The van der Waals surface area contributed by atoms with Gasteiger partial charge in [0.2, 0.25) is 17.7 Å². The Morgan fingerprint density at radius 2 is 1.50 bits per heavy atom. The van der Waals surface area contributed by atoms with E-state index in [-0.39, 0.29) is 6.42 Å². The van der Waals surface area contributed by atoms with Gasteiger partial charge in [0.05, 0.1) is 14.2 Å². The van der Waals surface area contributed by atoms with E-state index in [4.69, 9.17) is 5.73 Å². The number of rotatable bonds is 10. The number of nitrogens with two attached hydrogens (primary N) is 1. The molecule has 0 aliphatic carbocycles. The Labute approximate surface area is 174 Å². The van der Waals surface area contributed by atoms with Crippen molar-refractivity contribution < 1.29 is 33.4 Å². The monoisotopic (exact) mass is 421 g/mol. The van der Waals surface area contributed by atoms with Crippen molar-refractivity contribution in [1.29, 1.82) is 0 Å². The number of hydrogen-bond acceptors (Lipinski definition) is 7. The molecule has 10 heteroatoms. The van der Waals surface area contributed by atoms with Gasteiger partial charge < -0.3 is 25.8 Å². The number of carbonyl (C=O) groups excluding carboxylic acids is 5. The van der Waals surface area contributed by atoms with Crippen LogP contribution in [-0.4, -0.2) is 56.0 Å². The first-order valence-corrected chi connectivity index (χ1v) is 9.18. The summed E-state index contributed by atoms with van der Waals surface area (Å²) in [7, 11) is 2.16. The fourth-order valence-corrected chi connectivity index (χ4v) is 2.99. The zero-order valence-electron chi connectivity index (χ0n) is 17.3. The molecule has 10 nitrogen and oxygen atoms in total. The van der Waals surface area contributed by atoms with Crippen LogP contribution in [0.3, 0.4) is 0 Å². The van der Waals surface area contributed by atoms with E-state index >= 15 is 0 Å². The summed E-state index contributed by atoms with van der Waals surface area (Å²) < 4.78 is 9.22. The lowest BCUT2D eigenvalue weighted by Crippen LogP contribution is -2.57. The first kappa shape index (κ1) is 24.6. The van der Waals surface area contributed by atoms with Gasteiger partial charge in [-0.3, -0.25) is 24.0 Å². The van der Waals surface area contributed by atoms with Crippen LogP contribution in [0.2, 0.25) is 0 Å². The van der Waals surface area contributed by atoms with Crippen molar-refractivity contribution in [2.24, 2.45) is 17.6 Å². The van der Waals surface area contributed by atoms with E-state index in [1.165, 1.54) is 13.8 Å². The predicted octanol–water partition coefficient (Wildman–Crippen LogP) is -0.698. The summed E-state index contributed by atoms with van der Waals surface area (Å²) in [4.78, 5) is 60.5. The summed E-state index contributed by atoms with van der Waals surface area (Å²) in [6, 6.07) is 6.53. The summed E-state index contributed by atoms with van der Waals surface area (Å²) in [6.45, 7) is 2.64. The van der Waals surface area contributed by atoms with Crippen molar-refractivity contribution in [3.63, 3.8) is 0 Å². The topological polar surface area (TPSA) is 154 Å². The maximum atomic E-state index is 12.8. The summed E-state index contributed by atoms with van der Waals surface area (Å²) in [5, 5.41) is 4.96. The number of ether oxygens (including phenoxy) is 2. The van der Waals surface area contributed by atoms with Crippen LogP contribution < -0.4 is 16.4 Å². The second-order valence-electron chi connectivity index (χ2n) is 6.71. The van der Waals surface area contributed by atoms with Crippen LogP contribution in [0.4, 0.5) is 0 Å². The lowest BCUT2D eigenvalue weighted by Gasteiger charge is -2.28. The molecular weight excluding hydrogens is 394 g/mol. The first-order valence-electron chi connectivity index (χ1n) is 9.18. The lowest BCUT2D eigenvalue weighted by molar-refractivity contribution is -0.162. The van der Waals surface area contributed by atoms with Gasteiger partial charge in [-0.25, -0.2) is 0 Å². The van der Waals surface area contributed by atoms with Crippen LogP contribution in [0, 0.1) is 11.8 Å². The van der Waals surface area contributed by atoms with Gasteiger partial charge in [0, 0.05) is 19.3 Å². The van der Waals surface area contributed by atoms with Gasteiger partial charge in [0.1, 0.15) is 12.1 Å². The van der Waals surface area contributed by atoms with Crippen molar-refractivity contribution in [2.75, 3.05) is 14.2 Å². The summed E-state index contributed by atoms with van der Waals surface area (Å²) in [6.07, 6.45) is 0.156. The molecule has 0 heterocycles. The Hall–Kier alpha value is -3.43. The molecule has 0 unspecified atom stereocenters. The number of carbonyl (C=O) groups is 5. The van der Waals surface area contributed by atoms with E-state index in [1.54, 1.807) is 24.3 Å². The third-order valence-corrected chi connectivity index (χ3v) is 4.54. The van der Waals surface area contributed by atoms with Crippen LogP contribution in [0.25, 0.3) is 0 Å². The largest absolute Gasteiger partial charge is 0.468 e. The number of nitrogens with one attached hydrogen (secondary N) is 2. The molecule has 0 saturated heterocycles. The molecule has 0 bridgehead atoms. The third-order valence-electron chi connectivity index (χ3n) is 4.54. The number of esters is 2. The minimum absolute atomic E-state index is 0.156. The molecule has 0 aliphatic rings. The summed E-state index contributed by atoms with van der Waals surface area (Å²) >= 11 is 0. The molecule has 0 aromatic heterocycles. The molecule has 30 heavy (non-hydrogen) atoms. The molecule has 3 atom stereocenters. The molecule has 4 N–H and O–H groups in total. The lowest BCUT2D eigenvalue weighted by atomic mass is 9.86. The second-order valence-corrected chi connectivity index (χ2v) is 6.71. The van der Waals surface area contributed by atoms with Crippen LogP contribution in [0.1, 0.15) is 19.4 Å². The normalized spacial score (nSPS) is 13.5. The Morgan fingerprint density at radius 3 is 1.93 bits per heavy atom. The minimum atomic E-state index is -1.48. The minimum Gasteiger partial charge on any atom is -0.468 e. The van der Waals surface area contributed by atoms with E-state index in [2.05, 4.69) is 20.1 Å². The second kappa shape index (κ2) is 11.5. The van der Waals surface area contributed by atoms with Gasteiger partial charge >= 0.3 is 11.9 Å². The van der Waals surface area contributed by atoms with Crippen LogP contribution in [0.15, 0.2) is 30.3 Å². The molecule has 3 amide bonds. The van der Waals surface area contributed by atoms with Crippen molar-refractivity contribution in [3.8, 4) is 0 Å². The highest BCUT2D eigenvalue weighted by molar-refractivity contribution is 5.97. The van der Waals surface area contributed by atoms with Gasteiger partial charge in [-0.15, -0.1) is 0 Å². The van der Waals surface area contributed by atoms with Crippen molar-refractivity contribution >= 4 is 29.7 Å². The molecule has 0 saturated carbocycles. The average molecular weight is 421 g/mol. The molecule has 0 aliphatic heterocycles. The highest BCUT2D eigenvalue weighted by Gasteiger charge is 2.41.